The zero-order chi connectivity index (χ0) is 30.5. The van der Waals surface area contributed by atoms with Crippen molar-refractivity contribution in [3.8, 4) is 0 Å². The van der Waals surface area contributed by atoms with Crippen molar-refractivity contribution in [2.24, 2.45) is 0 Å². The number of hydrogen-bond acceptors (Lipinski definition) is 6. The Balaban J connectivity index is 1.15. The van der Waals surface area contributed by atoms with E-state index in [1.807, 2.05) is 48.5 Å². The molecule has 1 fully saturated rings. The molecule has 1 N–H and O–H groups in total. The van der Waals surface area contributed by atoms with E-state index in [-0.39, 0.29) is 11.9 Å². The molecule has 0 radical (unpaired) electrons. The van der Waals surface area contributed by atoms with Crippen molar-refractivity contribution >= 4 is 45.9 Å². The molecule has 1 saturated heterocycles. The van der Waals surface area contributed by atoms with Crippen LogP contribution in [0.5, 0.6) is 0 Å². The zero-order valence-corrected chi connectivity index (χ0v) is 26.1. The average Bonchev–Trinajstić information content (AvgIpc) is 3.06. The molecule has 1 aliphatic rings. The molecule has 1 aromatic heterocycles. The van der Waals surface area contributed by atoms with Gasteiger partial charge in [-0.3, -0.25) is 0 Å². The van der Waals surface area contributed by atoms with Gasteiger partial charge in [0.2, 0.25) is 0 Å². The van der Waals surface area contributed by atoms with Crippen LogP contribution in [0, 0.1) is 0 Å². The summed E-state index contributed by atoms with van der Waals surface area (Å²) in [5, 5.41) is 6.18. The summed E-state index contributed by atoms with van der Waals surface area (Å²) in [6.07, 6.45) is 4.65. The lowest BCUT2D eigenvalue weighted by Gasteiger charge is -2.32. The van der Waals surface area contributed by atoms with Gasteiger partial charge < -0.3 is 15.0 Å². The van der Waals surface area contributed by atoms with Crippen LogP contribution in [0.2, 0.25) is 10.0 Å². The summed E-state index contributed by atoms with van der Waals surface area (Å²) in [5.74, 6) is 0.565. The molecule has 0 saturated carbocycles. The summed E-state index contributed by atoms with van der Waals surface area (Å²) >= 11 is 12.5. The molecule has 2 heterocycles. The molecule has 0 amide bonds. The fourth-order valence-corrected chi connectivity index (χ4v) is 6.22. The Hall–Kier alpha value is -3.97. The third-order valence-corrected chi connectivity index (χ3v) is 8.92. The molecule has 6 rings (SSSR count). The third kappa shape index (κ3) is 7.05. The first kappa shape index (κ1) is 30.1. The Bertz CT molecular complexity index is 1670. The van der Waals surface area contributed by atoms with Crippen LogP contribution in [0.25, 0.3) is 10.9 Å². The molecule has 0 aliphatic carbocycles. The summed E-state index contributed by atoms with van der Waals surface area (Å²) < 4.78 is 4.80. The SMILES string of the molecule is COC(=O)c1ccc(CCN2CCC(Nc3ncnc4ccc(C(c5ccc(Cl)cc5)c5ccc(Cl)cc5)cc34)CC2)cc1. The van der Waals surface area contributed by atoms with Crippen molar-refractivity contribution < 1.29 is 9.53 Å². The molecule has 4 aromatic carbocycles. The molecular weight excluding hydrogens is 591 g/mol. The van der Waals surface area contributed by atoms with E-state index in [0.717, 1.165) is 72.3 Å². The first-order chi connectivity index (χ1) is 21.5. The number of fused-ring (bicyclic) bond motifs is 1. The first-order valence-electron chi connectivity index (χ1n) is 14.9. The largest absolute Gasteiger partial charge is 0.465 e. The van der Waals surface area contributed by atoms with Crippen LogP contribution in [-0.2, 0) is 11.2 Å². The van der Waals surface area contributed by atoms with Crippen molar-refractivity contribution in [3.63, 3.8) is 0 Å². The summed E-state index contributed by atoms with van der Waals surface area (Å²) in [4.78, 5) is 23.5. The van der Waals surface area contributed by atoms with Gasteiger partial charge in [-0.15, -0.1) is 0 Å². The number of benzene rings is 4. The molecule has 44 heavy (non-hydrogen) atoms. The molecule has 8 heteroatoms. The number of carbonyl (C=O) groups excluding carboxylic acids is 1. The fourth-order valence-electron chi connectivity index (χ4n) is 5.96. The lowest BCUT2D eigenvalue weighted by Crippen LogP contribution is -2.40. The Kier molecular flexibility index (Phi) is 9.41. The van der Waals surface area contributed by atoms with E-state index >= 15 is 0 Å². The van der Waals surface area contributed by atoms with Crippen LogP contribution in [0.3, 0.4) is 0 Å². The summed E-state index contributed by atoms with van der Waals surface area (Å²) in [7, 11) is 1.40. The molecule has 0 unspecified atom stereocenters. The predicted molar refractivity (Wildman–Crippen MR) is 178 cm³/mol. The number of nitrogens with one attached hydrogen (secondary N) is 1. The first-order valence-corrected chi connectivity index (χ1v) is 15.6. The number of ether oxygens (including phenoxy) is 1. The molecule has 0 bridgehead atoms. The molecule has 5 aromatic rings. The number of hydrogen-bond donors (Lipinski definition) is 1. The number of rotatable bonds is 9. The minimum absolute atomic E-state index is 0.00176. The van der Waals surface area contributed by atoms with Crippen molar-refractivity contribution in [1.29, 1.82) is 0 Å². The quantitative estimate of drug-likeness (QED) is 0.132. The van der Waals surface area contributed by atoms with Gasteiger partial charge >= 0.3 is 5.97 Å². The molecular formula is C36H34Cl2N4O2. The van der Waals surface area contributed by atoms with Crippen molar-refractivity contribution in [2.75, 3.05) is 32.1 Å². The normalized spacial score (nSPS) is 14.2. The van der Waals surface area contributed by atoms with Gasteiger partial charge in [0.25, 0.3) is 0 Å². The van der Waals surface area contributed by atoms with Crippen LogP contribution < -0.4 is 5.32 Å². The number of anilines is 1. The van der Waals surface area contributed by atoms with Crippen LogP contribution in [0.1, 0.15) is 51.4 Å². The highest BCUT2D eigenvalue weighted by atomic mass is 35.5. The van der Waals surface area contributed by atoms with Crippen LogP contribution in [0.4, 0.5) is 5.82 Å². The Labute approximate surface area is 268 Å². The van der Waals surface area contributed by atoms with Crippen LogP contribution in [0.15, 0.2) is 97.3 Å². The van der Waals surface area contributed by atoms with E-state index < -0.39 is 0 Å². The average molecular weight is 626 g/mol. The molecule has 0 spiro atoms. The van der Waals surface area contributed by atoms with Gasteiger partial charge in [-0.05, 0) is 90.0 Å². The summed E-state index contributed by atoms with van der Waals surface area (Å²) in [6, 6.07) is 30.5. The van der Waals surface area contributed by atoms with Gasteiger partial charge in [0, 0.05) is 47.0 Å². The van der Waals surface area contributed by atoms with Gasteiger partial charge in [0.15, 0.2) is 0 Å². The Morgan fingerprint density at radius 3 is 2.09 bits per heavy atom. The maximum absolute atomic E-state index is 11.7. The molecule has 6 nitrogen and oxygen atoms in total. The zero-order valence-electron chi connectivity index (χ0n) is 24.5. The molecule has 0 atom stereocenters. The molecule has 1 aliphatic heterocycles. The van der Waals surface area contributed by atoms with Crippen molar-refractivity contribution in [1.82, 2.24) is 14.9 Å². The van der Waals surface area contributed by atoms with E-state index in [0.29, 0.717) is 21.7 Å². The van der Waals surface area contributed by atoms with E-state index in [9.17, 15) is 4.79 Å². The maximum Gasteiger partial charge on any atom is 0.337 e. The monoisotopic (exact) mass is 624 g/mol. The van der Waals surface area contributed by atoms with Gasteiger partial charge in [-0.1, -0.05) is 65.7 Å². The van der Waals surface area contributed by atoms with Crippen LogP contribution >= 0.6 is 23.2 Å². The third-order valence-electron chi connectivity index (χ3n) is 8.42. The fraction of sp³-hybridized carbons (Fsp3) is 0.250. The van der Waals surface area contributed by atoms with E-state index in [4.69, 9.17) is 27.9 Å². The van der Waals surface area contributed by atoms with Gasteiger partial charge in [-0.25, -0.2) is 14.8 Å². The minimum atomic E-state index is -0.304. The number of nitrogens with zero attached hydrogens (tertiary/aromatic N) is 3. The number of methoxy groups -OCH3 is 1. The second-order valence-corrected chi connectivity index (χ2v) is 12.1. The predicted octanol–water partition coefficient (Wildman–Crippen LogP) is 8.02. The van der Waals surface area contributed by atoms with E-state index in [1.54, 1.807) is 6.33 Å². The smallest absolute Gasteiger partial charge is 0.337 e. The number of piperidine rings is 1. The number of carbonyl (C=O) groups is 1. The summed E-state index contributed by atoms with van der Waals surface area (Å²) in [6.45, 7) is 3.02. The number of esters is 1. The second-order valence-electron chi connectivity index (χ2n) is 11.2. The Morgan fingerprint density at radius 2 is 1.48 bits per heavy atom. The Morgan fingerprint density at radius 1 is 0.864 bits per heavy atom. The highest BCUT2D eigenvalue weighted by molar-refractivity contribution is 6.30. The molecule has 224 valence electrons. The van der Waals surface area contributed by atoms with Gasteiger partial charge in [0.1, 0.15) is 12.1 Å². The van der Waals surface area contributed by atoms with E-state index in [1.165, 1.54) is 12.7 Å². The second kappa shape index (κ2) is 13.8. The highest BCUT2D eigenvalue weighted by Crippen LogP contribution is 2.35. The standard InChI is InChI=1S/C36H34Cl2N4O2/c1-44-36(43)27-4-2-24(3-5-27)16-19-42-20-17-31(18-21-42)41-35-32-22-28(10-15-33(32)39-23-40-35)34(25-6-11-29(37)12-7-25)26-8-13-30(38)14-9-26/h2-15,22-23,31,34H,16-21H2,1H3,(H,39,40,41). The van der Waals surface area contributed by atoms with Crippen molar-refractivity contribution in [3.05, 3.63) is 135 Å². The number of halogens is 2. The highest BCUT2D eigenvalue weighted by Gasteiger charge is 2.22. The van der Waals surface area contributed by atoms with Gasteiger partial charge in [-0.2, -0.15) is 0 Å². The number of likely N-dealkylation sites (tertiary alicyclic amines) is 1. The van der Waals surface area contributed by atoms with Gasteiger partial charge in [0.05, 0.1) is 18.2 Å². The minimum Gasteiger partial charge on any atom is -0.465 e. The van der Waals surface area contributed by atoms with Crippen molar-refractivity contribution in [2.45, 2.75) is 31.2 Å². The lowest BCUT2D eigenvalue weighted by atomic mass is 9.84. The topological polar surface area (TPSA) is 67.3 Å². The number of aromatic nitrogens is 2. The summed E-state index contributed by atoms with van der Waals surface area (Å²) in [5.41, 5.74) is 6.15. The van der Waals surface area contributed by atoms with Crippen LogP contribution in [-0.4, -0.2) is 53.6 Å². The van der Waals surface area contributed by atoms with E-state index in [2.05, 4.69) is 62.6 Å². The lowest BCUT2D eigenvalue weighted by molar-refractivity contribution is 0.0600. The maximum atomic E-state index is 11.7.